The van der Waals surface area contributed by atoms with Gasteiger partial charge in [-0.2, -0.15) is 0 Å². The summed E-state index contributed by atoms with van der Waals surface area (Å²) >= 11 is 2.88. The molecule has 0 radical (unpaired) electrons. The molecule has 1 saturated carbocycles. The van der Waals surface area contributed by atoms with Gasteiger partial charge in [-0.3, -0.25) is 9.36 Å². The Morgan fingerprint density at radius 2 is 2.45 bits per heavy atom. The molecule has 1 N–H and O–H groups in total. The van der Waals surface area contributed by atoms with Crippen LogP contribution in [0.5, 0.6) is 0 Å². The van der Waals surface area contributed by atoms with Crippen molar-refractivity contribution in [3.63, 3.8) is 0 Å². The van der Waals surface area contributed by atoms with Crippen molar-refractivity contribution in [1.82, 2.24) is 14.8 Å². The number of thioether (sulfide) groups is 1. The lowest BCUT2D eigenvalue weighted by atomic mass is 10.3. The standard InChI is InChI=1S/C13H15N3O2S2/c1-2-8-6-9(8)16-12(10-4-3-5-19-10)14-15-13(16)20-7-11(17)18/h3-5,8-9H,2,6-7H2,1H3,(H,17,18). The summed E-state index contributed by atoms with van der Waals surface area (Å²) in [4.78, 5) is 11.8. The molecular formula is C13H15N3O2S2. The fraction of sp³-hybridized carbons (Fsp3) is 0.462. The zero-order valence-electron chi connectivity index (χ0n) is 11.0. The second kappa shape index (κ2) is 5.57. The SMILES string of the molecule is CCC1CC1n1c(SCC(=O)O)nnc1-c1cccs1. The van der Waals surface area contributed by atoms with Crippen LogP contribution in [0, 0.1) is 5.92 Å². The van der Waals surface area contributed by atoms with Crippen LogP contribution in [0.15, 0.2) is 22.7 Å². The summed E-state index contributed by atoms with van der Waals surface area (Å²) in [5.74, 6) is 0.722. The van der Waals surface area contributed by atoms with Gasteiger partial charge in [0.05, 0.1) is 10.6 Å². The fourth-order valence-corrected chi connectivity index (χ4v) is 3.78. The summed E-state index contributed by atoms with van der Waals surface area (Å²) in [5.41, 5.74) is 0. The van der Waals surface area contributed by atoms with Crippen molar-refractivity contribution in [3.8, 4) is 10.7 Å². The molecule has 0 bridgehead atoms. The Morgan fingerprint density at radius 1 is 1.60 bits per heavy atom. The van der Waals surface area contributed by atoms with E-state index in [9.17, 15) is 4.79 Å². The number of nitrogens with zero attached hydrogens (tertiary/aromatic N) is 3. The van der Waals surface area contributed by atoms with Crippen molar-refractivity contribution >= 4 is 29.1 Å². The van der Waals surface area contributed by atoms with E-state index >= 15 is 0 Å². The number of thiophene rings is 1. The van der Waals surface area contributed by atoms with Crippen LogP contribution >= 0.6 is 23.1 Å². The third kappa shape index (κ3) is 2.60. The molecular weight excluding hydrogens is 294 g/mol. The maximum absolute atomic E-state index is 10.7. The predicted molar refractivity (Wildman–Crippen MR) is 79.1 cm³/mol. The van der Waals surface area contributed by atoms with Crippen LogP contribution in [-0.2, 0) is 4.79 Å². The van der Waals surface area contributed by atoms with E-state index in [1.165, 1.54) is 11.8 Å². The van der Waals surface area contributed by atoms with Gasteiger partial charge in [-0.1, -0.05) is 31.2 Å². The molecule has 5 nitrogen and oxygen atoms in total. The van der Waals surface area contributed by atoms with Gasteiger partial charge in [-0.25, -0.2) is 0 Å². The third-order valence-electron chi connectivity index (χ3n) is 3.47. The number of carbonyl (C=O) groups is 1. The number of aliphatic carboxylic acids is 1. The maximum atomic E-state index is 10.7. The summed E-state index contributed by atoms with van der Waals surface area (Å²) in [6.07, 6.45) is 2.27. The number of hydrogen-bond acceptors (Lipinski definition) is 5. The summed E-state index contributed by atoms with van der Waals surface area (Å²) in [7, 11) is 0. The quantitative estimate of drug-likeness (QED) is 0.830. The Morgan fingerprint density at radius 3 is 3.05 bits per heavy atom. The predicted octanol–water partition coefficient (Wildman–Crippen LogP) is 3.15. The molecule has 2 unspecified atom stereocenters. The van der Waals surface area contributed by atoms with Gasteiger partial charge in [-0.05, 0) is 23.8 Å². The minimum Gasteiger partial charge on any atom is -0.481 e. The van der Waals surface area contributed by atoms with Crippen LogP contribution in [0.4, 0.5) is 0 Å². The lowest BCUT2D eigenvalue weighted by Crippen LogP contribution is -2.04. The van der Waals surface area contributed by atoms with Gasteiger partial charge >= 0.3 is 5.97 Å². The minimum atomic E-state index is -0.829. The molecule has 1 aliphatic carbocycles. The monoisotopic (exact) mass is 309 g/mol. The molecule has 2 atom stereocenters. The summed E-state index contributed by atoms with van der Waals surface area (Å²) in [6.45, 7) is 2.18. The molecule has 1 aliphatic rings. The molecule has 2 heterocycles. The number of hydrogen-bond donors (Lipinski definition) is 1. The van der Waals surface area contributed by atoms with Crippen LogP contribution in [-0.4, -0.2) is 31.6 Å². The molecule has 0 saturated heterocycles. The molecule has 7 heteroatoms. The normalized spacial score (nSPS) is 21.1. The van der Waals surface area contributed by atoms with E-state index < -0.39 is 5.97 Å². The topological polar surface area (TPSA) is 68.0 Å². The molecule has 2 aromatic heterocycles. The highest BCUT2D eigenvalue weighted by Crippen LogP contribution is 2.49. The second-order valence-electron chi connectivity index (χ2n) is 4.81. The van der Waals surface area contributed by atoms with Crippen LogP contribution in [0.2, 0.25) is 0 Å². The summed E-state index contributed by atoms with van der Waals surface area (Å²) in [6, 6.07) is 4.44. The molecule has 20 heavy (non-hydrogen) atoms. The highest BCUT2D eigenvalue weighted by atomic mass is 32.2. The summed E-state index contributed by atoms with van der Waals surface area (Å²) in [5, 5.41) is 20.0. The van der Waals surface area contributed by atoms with E-state index in [1.807, 2.05) is 17.5 Å². The first kappa shape index (κ1) is 13.6. The number of aromatic nitrogens is 3. The second-order valence-corrected chi connectivity index (χ2v) is 6.70. The van der Waals surface area contributed by atoms with E-state index in [1.54, 1.807) is 11.3 Å². The van der Waals surface area contributed by atoms with E-state index in [2.05, 4.69) is 21.7 Å². The van der Waals surface area contributed by atoms with Crippen molar-refractivity contribution in [2.45, 2.75) is 31.0 Å². The lowest BCUT2D eigenvalue weighted by Gasteiger charge is -2.08. The average Bonchev–Trinajstić information content (AvgIpc) is 2.86. The smallest absolute Gasteiger partial charge is 0.313 e. The van der Waals surface area contributed by atoms with Gasteiger partial charge in [0.1, 0.15) is 0 Å². The van der Waals surface area contributed by atoms with Crippen molar-refractivity contribution < 1.29 is 9.90 Å². The Hall–Kier alpha value is -1.34. The minimum absolute atomic E-state index is 0.0199. The van der Waals surface area contributed by atoms with Gasteiger partial charge < -0.3 is 5.11 Å². The Balaban J connectivity index is 1.93. The average molecular weight is 309 g/mol. The zero-order valence-corrected chi connectivity index (χ0v) is 12.7. The largest absolute Gasteiger partial charge is 0.481 e. The first-order valence-electron chi connectivity index (χ1n) is 6.54. The summed E-state index contributed by atoms with van der Waals surface area (Å²) < 4.78 is 2.13. The molecule has 0 aromatic carbocycles. The molecule has 0 amide bonds. The van der Waals surface area contributed by atoms with Crippen LogP contribution in [0.1, 0.15) is 25.8 Å². The van der Waals surface area contributed by atoms with Crippen LogP contribution < -0.4 is 0 Å². The molecule has 3 rings (SSSR count). The molecule has 106 valence electrons. The van der Waals surface area contributed by atoms with Crippen molar-refractivity contribution in [2.24, 2.45) is 5.92 Å². The maximum Gasteiger partial charge on any atom is 0.313 e. The van der Waals surface area contributed by atoms with Gasteiger partial charge in [0.25, 0.3) is 0 Å². The van der Waals surface area contributed by atoms with Gasteiger partial charge in [0.2, 0.25) is 0 Å². The van der Waals surface area contributed by atoms with Crippen molar-refractivity contribution in [3.05, 3.63) is 17.5 Å². The first-order chi connectivity index (χ1) is 9.70. The molecule has 2 aromatic rings. The van der Waals surface area contributed by atoms with Gasteiger partial charge in [0.15, 0.2) is 11.0 Å². The highest BCUT2D eigenvalue weighted by Gasteiger charge is 2.40. The highest BCUT2D eigenvalue weighted by molar-refractivity contribution is 7.99. The van der Waals surface area contributed by atoms with E-state index in [4.69, 9.17) is 5.11 Å². The van der Waals surface area contributed by atoms with E-state index in [0.717, 1.165) is 28.7 Å². The third-order valence-corrected chi connectivity index (χ3v) is 5.27. The van der Waals surface area contributed by atoms with Crippen LogP contribution in [0.25, 0.3) is 10.7 Å². The molecule has 0 spiro atoms. The van der Waals surface area contributed by atoms with Gasteiger partial charge in [-0.15, -0.1) is 21.5 Å². The van der Waals surface area contributed by atoms with Crippen molar-refractivity contribution in [2.75, 3.05) is 5.75 Å². The van der Waals surface area contributed by atoms with Gasteiger partial charge in [0, 0.05) is 6.04 Å². The zero-order chi connectivity index (χ0) is 14.1. The van der Waals surface area contributed by atoms with E-state index in [-0.39, 0.29) is 5.75 Å². The fourth-order valence-electron chi connectivity index (χ4n) is 2.36. The lowest BCUT2D eigenvalue weighted by molar-refractivity contribution is -0.133. The number of carboxylic acids is 1. The van der Waals surface area contributed by atoms with Crippen LogP contribution in [0.3, 0.4) is 0 Å². The molecule has 0 aliphatic heterocycles. The Labute approximate surface area is 125 Å². The Bertz CT molecular complexity index is 609. The first-order valence-corrected chi connectivity index (χ1v) is 8.40. The number of carboxylic acid groups (broad SMARTS) is 1. The van der Waals surface area contributed by atoms with E-state index in [0.29, 0.717) is 12.0 Å². The van der Waals surface area contributed by atoms with Crippen molar-refractivity contribution in [1.29, 1.82) is 0 Å². The Kier molecular flexibility index (Phi) is 3.80. The molecule has 1 fully saturated rings. The number of rotatable bonds is 6.